The zero-order valence-electron chi connectivity index (χ0n) is 12.3. The van der Waals surface area contributed by atoms with Gasteiger partial charge in [0, 0.05) is 12.6 Å². The molecule has 1 N–H and O–H groups in total. The molecule has 0 saturated carbocycles. The van der Waals surface area contributed by atoms with Gasteiger partial charge in [0.25, 0.3) is 0 Å². The second-order valence-corrected chi connectivity index (χ2v) is 6.17. The number of hydrogen-bond donors (Lipinski definition) is 1. The van der Waals surface area contributed by atoms with E-state index in [1.165, 1.54) is 71.4 Å². The standard InChI is InChI=1S/C15H31N3/c1-3-18-11-8-14(13-18)12-16-9-7-15-6-4-5-10-17(15)2/h14-16H,3-13H2,1-2H3. The van der Waals surface area contributed by atoms with Gasteiger partial charge in [0.1, 0.15) is 0 Å². The van der Waals surface area contributed by atoms with Crippen LogP contribution in [-0.2, 0) is 0 Å². The van der Waals surface area contributed by atoms with Crippen LogP contribution >= 0.6 is 0 Å². The van der Waals surface area contributed by atoms with Crippen LogP contribution < -0.4 is 5.32 Å². The molecular formula is C15H31N3. The van der Waals surface area contributed by atoms with Crippen molar-refractivity contribution in [2.45, 2.75) is 45.1 Å². The number of piperidine rings is 1. The van der Waals surface area contributed by atoms with Gasteiger partial charge in [-0.3, -0.25) is 0 Å². The zero-order valence-corrected chi connectivity index (χ0v) is 12.3. The van der Waals surface area contributed by atoms with Gasteiger partial charge in [-0.15, -0.1) is 0 Å². The third-order valence-corrected chi connectivity index (χ3v) is 4.83. The Morgan fingerprint density at radius 3 is 2.78 bits per heavy atom. The highest BCUT2D eigenvalue weighted by Gasteiger charge is 2.21. The van der Waals surface area contributed by atoms with E-state index in [-0.39, 0.29) is 0 Å². The molecule has 3 nitrogen and oxygen atoms in total. The van der Waals surface area contributed by atoms with Crippen LogP contribution in [0.25, 0.3) is 0 Å². The molecule has 2 aliphatic rings. The first-order valence-electron chi connectivity index (χ1n) is 7.93. The second-order valence-electron chi connectivity index (χ2n) is 6.17. The van der Waals surface area contributed by atoms with E-state index in [9.17, 15) is 0 Å². The SMILES string of the molecule is CCN1CCC(CNCCC2CCCCN2C)C1. The fraction of sp³-hybridized carbons (Fsp3) is 1.00. The number of nitrogens with zero attached hydrogens (tertiary/aromatic N) is 2. The van der Waals surface area contributed by atoms with E-state index in [1.54, 1.807) is 0 Å². The Balaban J connectivity index is 1.53. The lowest BCUT2D eigenvalue weighted by Gasteiger charge is -2.32. The Kier molecular flexibility index (Phi) is 5.93. The van der Waals surface area contributed by atoms with Crippen molar-refractivity contribution in [3.05, 3.63) is 0 Å². The van der Waals surface area contributed by atoms with Crippen LogP contribution in [0.4, 0.5) is 0 Å². The summed E-state index contributed by atoms with van der Waals surface area (Å²) in [6, 6.07) is 0.835. The van der Waals surface area contributed by atoms with Crippen molar-refractivity contribution in [2.75, 3.05) is 46.3 Å². The van der Waals surface area contributed by atoms with Crippen LogP contribution in [0.5, 0.6) is 0 Å². The first-order chi connectivity index (χ1) is 8.79. The van der Waals surface area contributed by atoms with Crippen LogP contribution in [0.3, 0.4) is 0 Å². The summed E-state index contributed by atoms with van der Waals surface area (Å²) in [6.07, 6.45) is 6.97. The highest BCUT2D eigenvalue weighted by molar-refractivity contribution is 4.78. The van der Waals surface area contributed by atoms with Crippen LogP contribution in [-0.4, -0.2) is 62.2 Å². The van der Waals surface area contributed by atoms with E-state index in [0.717, 1.165) is 12.0 Å². The predicted octanol–water partition coefficient (Wildman–Crippen LogP) is 1.79. The Morgan fingerprint density at radius 1 is 1.17 bits per heavy atom. The minimum atomic E-state index is 0.835. The van der Waals surface area contributed by atoms with Crippen molar-refractivity contribution in [1.82, 2.24) is 15.1 Å². The molecular weight excluding hydrogens is 222 g/mol. The number of hydrogen-bond acceptors (Lipinski definition) is 3. The molecule has 2 unspecified atom stereocenters. The molecule has 0 aromatic heterocycles. The van der Waals surface area contributed by atoms with Crippen molar-refractivity contribution in [3.8, 4) is 0 Å². The molecule has 2 atom stereocenters. The molecule has 2 fully saturated rings. The molecule has 0 amide bonds. The van der Waals surface area contributed by atoms with Gasteiger partial charge in [0.2, 0.25) is 0 Å². The Bertz CT molecular complexity index is 232. The van der Waals surface area contributed by atoms with Gasteiger partial charge >= 0.3 is 0 Å². The van der Waals surface area contributed by atoms with E-state index in [0.29, 0.717) is 0 Å². The zero-order chi connectivity index (χ0) is 12.8. The monoisotopic (exact) mass is 253 g/mol. The molecule has 0 aliphatic carbocycles. The van der Waals surface area contributed by atoms with E-state index in [1.807, 2.05) is 0 Å². The fourth-order valence-corrected chi connectivity index (χ4v) is 3.45. The summed E-state index contributed by atoms with van der Waals surface area (Å²) >= 11 is 0. The molecule has 2 heterocycles. The molecule has 0 aromatic rings. The summed E-state index contributed by atoms with van der Waals surface area (Å²) < 4.78 is 0. The normalized spacial score (nSPS) is 31.0. The largest absolute Gasteiger partial charge is 0.316 e. The van der Waals surface area contributed by atoms with Crippen LogP contribution in [0.2, 0.25) is 0 Å². The van der Waals surface area contributed by atoms with Crippen molar-refractivity contribution < 1.29 is 0 Å². The molecule has 2 saturated heterocycles. The highest BCUT2D eigenvalue weighted by Crippen LogP contribution is 2.17. The van der Waals surface area contributed by atoms with Gasteiger partial charge in [-0.2, -0.15) is 0 Å². The number of likely N-dealkylation sites (tertiary alicyclic amines) is 2. The van der Waals surface area contributed by atoms with E-state index >= 15 is 0 Å². The lowest BCUT2D eigenvalue weighted by Crippen LogP contribution is -2.38. The summed E-state index contributed by atoms with van der Waals surface area (Å²) in [5, 5.41) is 3.69. The van der Waals surface area contributed by atoms with Crippen molar-refractivity contribution in [2.24, 2.45) is 5.92 Å². The summed E-state index contributed by atoms with van der Waals surface area (Å²) in [4.78, 5) is 5.13. The van der Waals surface area contributed by atoms with E-state index in [2.05, 4.69) is 29.1 Å². The van der Waals surface area contributed by atoms with E-state index < -0.39 is 0 Å². The molecule has 0 aromatic carbocycles. The predicted molar refractivity (Wildman–Crippen MR) is 78.0 cm³/mol. The average Bonchev–Trinajstić information content (AvgIpc) is 2.84. The quantitative estimate of drug-likeness (QED) is 0.728. The first kappa shape index (κ1) is 14.3. The third kappa shape index (κ3) is 4.22. The summed E-state index contributed by atoms with van der Waals surface area (Å²) in [5.41, 5.74) is 0. The molecule has 0 radical (unpaired) electrons. The average molecular weight is 253 g/mol. The van der Waals surface area contributed by atoms with Gasteiger partial charge in [0.15, 0.2) is 0 Å². The molecule has 106 valence electrons. The maximum Gasteiger partial charge on any atom is 0.0104 e. The number of nitrogens with one attached hydrogen (secondary N) is 1. The van der Waals surface area contributed by atoms with Gasteiger partial charge in [-0.1, -0.05) is 13.3 Å². The van der Waals surface area contributed by atoms with Crippen molar-refractivity contribution in [1.29, 1.82) is 0 Å². The summed E-state index contributed by atoms with van der Waals surface area (Å²) in [5.74, 6) is 0.897. The molecule has 0 bridgehead atoms. The van der Waals surface area contributed by atoms with Crippen LogP contribution in [0, 0.1) is 5.92 Å². The molecule has 2 aliphatic heterocycles. The van der Waals surface area contributed by atoms with Crippen LogP contribution in [0.1, 0.15) is 39.0 Å². The fourth-order valence-electron chi connectivity index (χ4n) is 3.45. The van der Waals surface area contributed by atoms with Crippen molar-refractivity contribution >= 4 is 0 Å². The topological polar surface area (TPSA) is 18.5 Å². The lowest BCUT2D eigenvalue weighted by molar-refractivity contribution is 0.175. The first-order valence-corrected chi connectivity index (χ1v) is 7.93. The van der Waals surface area contributed by atoms with E-state index in [4.69, 9.17) is 0 Å². The minimum Gasteiger partial charge on any atom is -0.316 e. The van der Waals surface area contributed by atoms with Crippen molar-refractivity contribution in [3.63, 3.8) is 0 Å². The highest BCUT2D eigenvalue weighted by atomic mass is 15.1. The van der Waals surface area contributed by atoms with Gasteiger partial charge in [-0.05, 0) is 71.4 Å². The molecule has 2 rings (SSSR count). The maximum atomic E-state index is 3.69. The minimum absolute atomic E-state index is 0.835. The van der Waals surface area contributed by atoms with Gasteiger partial charge in [0.05, 0.1) is 0 Å². The molecule has 3 heteroatoms. The Hall–Kier alpha value is -0.120. The van der Waals surface area contributed by atoms with Gasteiger partial charge < -0.3 is 15.1 Å². The second kappa shape index (κ2) is 7.46. The maximum absolute atomic E-state index is 3.69. The molecule has 0 spiro atoms. The lowest BCUT2D eigenvalue weighted by atomic mass is 10.00. The number of rotatable bonds is 6. The summed E-state index contributed by atoms with van der Waals surface area (Å²) in [6.45, 7) is 9.86. The van der Waals surface area contributed by atoms with Crippen LogP contribution in [0.15, 0.2) is 0 Å². The third-order valence-electron chi connectivity index (χ3n) is 4.83. The molecule has 18 heavy (non-hydrogen) atoms. The summed E-state index contributed by atoms with van der Waals surface area (Å²) in [7, 11) is 2.29. The Labute approximate surface area is 113 Å². The Morgan fingerprint density at radius 2 is 2.06 bits per heavy atom. The van der Waals surface area contributed by atoms with Gasteiger partial charge in [-0.25, -0.2) is 0 Å². The smallest absolute Gasteiger partial charge is 0.0104 e.